The number of hydrogen-bond acceptors (Lipinski definition) is 3. The summed E-state index contributed by atoms with van der Waals surface area (Å²) in [6.07, 6.45) is 0. The van der Waals surface area contributed by atoms with Crippen molar-refractivity contribution in [2.75, 3.05) is 0 Å². The van der Waals surface area contributed by atoms with Gasteiger partial charge in [0.25, 0.3) is 15.9 Å². The van der Waals surface area contributed by atoms with E-state index in [1.165, 1.54) is 12.1 Å². The highest BCUT2D eigenvalue weighted by molar-refractivity contribution is 7.90. The van der Waals surface area contributed by atoms with E-state index >= 15 is 0 Å². The summed E-state index contributed by atoms with van der Waals surface area (Å²) >= 11 is 0. The Morgan fingerprint density at radius 1 is 1.15 bits per heavy atom. The van der Waals surface area contributed by atoms with Crippen LogP contribution < -0.4 is 10.9 Å². The van der Waals surface area contributed by atoms with Crippen LogP contribution >= 0.6 is 0 Å². The summed E-state index contributed by atoms with van der Waals surface area (Å²) in [6, 6.07) is 6.09. The van der Waals surface area contributed by atoms with Crippen LogP contribution in [-0.4, -0.2) is 14.3 Å². The number of amides is 1. The molecule has 1 aliphatic heterocycles. The normalized spacial score (nSPS) is 17.1. The average Bonchev–Trinajstić information content (AvgIpc) is 2.25. The van der Waals surface area contributed by atoms with E-state index in [1.807, 2.05) is 4.72 Å². The molecule has 0 spiro atoms. The number of sulfonamides is 1. The zero-order chi connectivity index (χ0) is 8.77. The van der Waals surface area contributed by atoms with Crippen LogP contribution in [0.2, 0.25) is 0 Å². The predicted molar refractivity (Wildman–Crippen MR) is 47.1 cm³/mol. The van der Waals surface area contributed by atoms with Gasteiger partial charge in [-0.25, -0.2) is 13.1 Å². The zero-order valence-corrected chi connectivity index (χ0v) is 7.76. The van der Waals surface area contributed by atoms with Gasteiger partial charge in [0.05, 0.1) is 5.56 Å². The Kier molecular flexibility index (Phi) is 2.10. The molecule has 1 aromatic carbocycles. The molecule has 5 N–H and O–H groups in total. The summed E-state index contributed by atoms with van der Waals surface area (Å²) in [7, 11) is -3.55. The summed E-state index contributed by atoms with van der Waals surface area (Å²) in [4.78, 5) is 11.1. The summed E-state index contributed by atoms with van der Waals surface area (Å²) < 4.78 is 24.2. The average molecular weight is 201 g/mol. The van der Waals surface area contributed by atoms with Crippen LogP contribution in [-0.2, 0) is 10.0 Å². The summed E-state index contributed by atoms with van der Waals surface area (Å²) in [5, 5.41) is 0. The van der Waals surface area contributed by atoms with Crippen molar-refractivity contribution in [1.82, 2.24) is 10.9 Å². The molecule has 0 bridgehead atoms. The number of nitrogens with one attached hydrogen (secondary N) is 1. The fourth-order valence-electron chi connectivity index (χ4n) is 1.12. The second-order valence-corrected chi connectivity index (χ2v) is 4.08. The zero-order valence-electron chi connectivity index (χ0n) is 6.94. The third-order valence-electron chi connectivity index (χ3n) is 1.65. The minimum absolute atomic E-state index is 0. The van der Waals surface area contributed by atoms with Crippen LogP contribution in [0.4, 0.5) is 0 Å². The smallest absolute Gasteiger partial charge is 0.266 e. The van der Waals surface area contributed by atoms with Crippen molar-refractivity contribution in [3.8, 4) is 0 Å². The van der Waals surface area contributed by atoms with Crippen molar-refractivity contribution in [2.45, 2.75) is 4.90 Å². The molecule has 1 amide bonds. The molecule has 5 nitrogen and oxygen atoms in total. The number of hydrogen-bond donors (Lipinski definition) is 2. The Morgan fingerprint density at radius 2 is 1.77 bits per heavy atom. The van der Waals surface area contributed by atoms with Crippen molar-refractivity contribution in [1.29, 1.82) is 0 Å². The second kappa shape index (κ2) is 2.82. The number of benzene rings is 1. The van der Waals surface area contributed by atoms with Gasteiger partial charge in [-0.05, 0) is 12.1 Å². The maximum Gasteiger partial charge on any atom is 0.266 e. The lowest BCUT2D eigenvalue weighted by Crippen LogP contribution is -2.20. The number of carbonyl (C=O) groups is 1. The Bertz CT molecular complexity index is 453. The largest absolute Gasteiger partial charge is 0.369 e. The molecule has 0 atom stereocenters. The van der Waals surface area contributed by atoms with E-state index in [-0.39, 0.29) is 16.6 Å². The molecule has 0 saturated carbocycles. The number of rotatable bonds is 0. The van der Waals surface area contributed by atoms with E-state index in [9.17, 15) is 13.2 Å². The van der Waals surface area contributed by atoms with Gasteiger partial charge in [-0.2, -0.15) is 0 Å². The Labute approximate surface area is 75.4 Å². The summed E-state index contributed by atoms with van der Waals surface area (Å²) in [5.41, 5.74) is 0.220. The maximum atomic E-state index is 11.1. The van der Waals surface area contributed by atoms with Crippen LogP contribution in [0.3, 0.4) is 0 Å². The van der Waals surface area contributed by atoms with Gasteiger partial charge in [0.2, 0.25) is 0 Å². The molecule has 1 heterocycles. The van der Waals surface area contributed by atoms with Gasteiger partial charge in [0.15, 0.2) is 0 Å². The van der Waals surface area contributed by atoms with Gasteiger partial charge in [-0.15, -0.1) is 0 Å². The SMILES string of the molecule is O=C1NS(=O)(=O)c2ccccc21.[NH4+]. The highest BCUT2D eigenvalue weighted by Gasteiger charge is 2.31. The molecule has 1 aromatic rings. The summed E-state index contributed by atoms with van der Waals surface area (Å²) in [5.74, 6) is -0.550. The molecule has 0 saturated heterocycles. The van der Waals surface area contributed by atoms with Crippen molar-refractivity contribution >= 4 is 15.9 Å². The molecule has 13 heavy (non-hydrogen) atoms. The molecule has 0 radical (unpaired) electrons. The minimum Gasteiger partial charge on any atom is -0.369 e. The highest BCUT2D eigenvalue weighted by atomic mass is 32.2. The first-order valence-electron chi connectivity index (χ1n) is 3.27. The van der Waals surface area contributed by atoms with E-state index in [0.717, 1.165) is 0 Å². The Morgan fingerprint density at radius 3 is 2.38 bits per heavy atom. The van der Waals surface area contributed by atoms with Crippen LogP contribution in [0.5, 0.6) is 0 Å². The van der Waals surface area contributed by atoms with E-state index in [1.54, 1.807) is 12.1 Å². The fraction of sp³-hybridized carbons (Fsp3) is 0. The standard InChI is InChI=1S/C7H5NO3S.H3N/c9-7-5-3-1-2-4-6(5)12(10,11)8-7;/h1-4H,(H,8,9);1H3/p+1. The van der Waals surface area contributed by atoms with Crippen LogP contribution in [0, 0.1) is 0 Å². The quantitative estimate of drug-likeness (QED) is 0.639. The third-order valence-corrected chi connectivity index (χ3v) is 3.04. The second-order valence-electron chi connectivity index (χ2n) is 2.43. The predicted octanol–water partition coefficient (Wildman–Crippen LogP) is 0.495. The lowest BCUT2D eigenvalue weighted by Gasteiger charge is -1.91. The van der Waals surface area contributed by atoms with Gasteiger partial charge >= 0.3 is 0 Å². The van der Waals surface area contributed by atoms with Gasteiger partial charge in [-0.1, -0.05) is 12.1 Å². The monoisotopic (exact) mass is 201 g/mol. The third kappa shape index (κ3) is 1.30. The minimum atomic E-state index is -3.55. The maximum absolute atomic E-state index is 11.1. The number of fused-ring (bicyclic) bond motifs is 1. The van der Waals surface area contributed by atoms with Crippen molar-refractivity contribution in [3.63, 3.8) is 0 Å². The van der Waals surface area contributed by atoms with Gasteiger partial charge in [0.1, 0.15) is 4.90 Å². The molecule has 2 rings (SSSR count). The fourth-order valence-corrected chi connectivity index (χ4v) is 2.29. The van der Waals surface area contributed by atoms with Crippen LogP contribution in [0.25, 0.3) is 0 Å². The van der Waals surface area contributed by atoms with Gasteiger partial charge < -0.3 is 6.15 Å². The van der Waals surface area contributed by atoms with Crippen LogP contribution in [0.15, 0.2) is 29.2 Å². The molecular weight excluding hydrogens is 192 g/mol. The molecule has 6 heteroatoms. The molecule has 0 aliphatic carbocycles. The number of carbonyl (C=O) groups excluding carboxylic acids is 1. The van der Waals surface area contributed by atoms with Crippen LogP contribution in [0.1, 0.15) is 10.4 Å². The van der Waals surface area contributed by atoms with Gasteiger partial charge in [0, 0.05) is 0 Å². The first-order chi connectivity index (χ1) is 5.61. The van der Waals surface area contributed by atoms with E-state index in [4.69, 9.17) is 0 Å². The molecular formula is C7H9N2O3S+. The molecule has 0 aromatic heterocycles. The lowest BCUT2D eigenvalue weighted by molar-refractivity contribution is 0.0985. The Balaban J connectivity index is 0.000000845. The number of quaternary nitrogens is 1. The molecule has 70 valence electrons. The lowest BCUT2D eigenvalue weighted by atomic mass is 10.2. The van der Waals surface area contributed by atoms with Gasteiger partial charge in [-0.3, -0.25) is 4.79 Å². The van der Waals surface area contributed by atoms with Crippen molar-refractivity contribution < 1.29 is 13.2 Å². The Hall–Kier alpha value is -1.40. The van der Waals surface area contributed by atoms with E-state index < -0.39 is 15.9 Å². The molecule has 0 fully saturated rings. The summed E-state index contributed by atoms with van der Waals surface area (Å²) in [6.45, 7) is 0. The van der Waals surface area contributed by atoms with E-state index in [2.05, 4.69) is 0 Å². The van der Waals surface area contributed by atoms with E-state index in [0.29, 0.717) is 0 Å². The first-order valence-corrected chi connectivity index (χ1v) is 4.76. The topological polar surface area (TPSA) is 99.7 Å². The highest BCUT2D eigenvalue weighted by Crippen LogP contribution is 2.20. The molecule has 0 unspecified atom stereocenters. The van der Waals surface area contributed by atoms with Crippen molar-refractivity contribution in [2.24, 2.45) is 0 Å². The molecule has 1 aliphatic rings. The first kappa shape index (κ1) is 9.69. The van der Waals surface area contributed by atoms with Crippen molar-refractivity contribution in [3.05, 3.63) is 29.8 Å².